The van der Waals surface area contributed by atoms with Gasteiger partial charge in [-0.25, -0.2) is 4.39 Å². The molecule has 0 aromatic heterocycles. The number of carbonyl (C=O) groups excluding carboxylic acids is 1. The van der Waals surface area contributed by atoms with E-state index in [1.54, 1.807) is 12.1 Å². The second kappa shape index (κ2) is 11.2. The molecule has 0 aliphatic carbocycles. The molecule has 0 spiro atoms. The number of carboxylic acids is 1. The predicted octanol–water partition coefficient (Wildman–Crippen LogP) is 5.58. The fourth-order valence-electron chi connectivity index (χ4n) is 4.89. The molecule has 0 bridgehead atoms. The molecule has 3 aromatic rings. The summed E-state index contributed by atoms with van der Waals surface area (Å²) in [7, 11) is 0. The quantitative estimate of drug-likeness (QED) is 0.392. The fourth-order valence-corrected chi connectivity index (χ4v) is 4.89. The first kappa shape index (κ1) is 26.4. The van der Waals surface area contributed by atoms with Crippen molar-refractivity contribution in [1.29, 1.82) is 0 Å². The van der Waals surface area contributed by atoms with Crippen LogP contribution in [0.25, 0.3) is 0 Å². The zero-order valence-corrected chi connectivity index (χ0v) is 21.7. The third-order valence-electron chi connectivity index (χ3n) is 6.89. The van der Waals surface area contributed by atoms with Crippen molar-refractivity contribution in [2.24, 2.45) is 0 Å². The topological polar surface area (TPSA) is 66.8 Å². The van der Waals surface area contributed by atoms with Crippen molar-refractivity contribution in [2.75, 3.05) is 13.1 Å². The van der Waals surface area contributed by atoms with Gasteiger partial charge in [-0.1, -0.05) is 62.4 Å². The molecular weight excluding hydrogens is 469 g/mol. The summed E-state index contributed by atoms with van der Waals surface area (Å²) in [5.41, 5.74) is 4.90. The van der Waals surface area contributed by atoms with E-state index in [0.717, 1.165) is 35.3 Å². The van der Waals surface area contributed by atoms with Gasteiger partial charge in [0.2, 0.25) is 5.91 Å². The number of benzene rings is 3. The monoisotopic (exact) mass is 503 g/mol. The summed E-state index contributed by atoms with van der Waals surface area (Å²) < 4.78 is 19.5. The van der Waals surface area contributed by atoms with Crippen molar-refractivity contribution < 1.29 is 23.8 Å². The highest BCUT2D eigenvalue weighted by molar-refractivity contribution is 5.83. The Balaban J connectivity index is 1.40. The zero-order valence-electron chi connectivity index (χ0n) is 21.7. The van der Waals surface area contributed by atoms with Gasteiger partial charge in [0.15, 0.2) is 0 Å². The summed E-state index contributed by atoms with van der Waals surface area (Å²) in [5.74, 6) is -0.324. The van der Waals surface area contributed by atoms with Gasteiger partial charge in [-0.3, -0.25) is 9.59 Å². The first-order valence-corrected chi connectivity index (χ1v) is 12.7. The van der Waals surface area contributed by atoms with E-state index in [9.17, 15) is 19.1 Å². The lowest BCUT2D eigenvalue weighted by atomic mass is 9.90. The van der Waals surface area contributed by atoms with E-state index in [0.29, 0.717) is 12.3 Å². The van der Waals surface area contributed by atoms with E-state index >= 15 is 0 Å². The number of aliphatic carboxylic acids is 1. The van der Waals surface area contributed by atoms with Gasteiger partial charge in [0.25, 0.3) is 0 Å². The Labute approximate surface area is 217 Å². The van der Waals surface area contributed by atoms with Crippen LogP contribution in [0.5, 0.6) is 5.75 Å². The van der Waals surface area contributed by atoms with Crippen LogP contribution in [0.3, 0.4) is 0 Å². The lowest BCUT2D eigenvalue weighted by Crippen LogP contribution is -2.38. The first-order valence-electron chi connectivity index (χ1n) is 12.7. The van der Waals surface area contributed by atoms with Gasteiger partial charge in [-0.15, -0.1) is 0 Å². The minimum absolute atomic E-state index is 0.108. The summed E-state index contributed by atoms with van der Waals surface area (Å²) in [4.78, 5) is 25.8. The maximum Gasteiger partial charge on any atom is 0.323 e. The molecule has 0 radical (unpaired) electrons. The van der Waals surface area contributed by atoms with Gasteiger partial charge in [0.1, 0.15) is 23.7 Å². The number of carbonyl (C=O) groups is 2. The van der Waals surface area contributed by atoms with Gasteiger partial charge < -0.3 is 14.7 Å². The Hall–Kier alpha value is -3.67. The molecule has 1 aliphatic heterocycles. The highest BCUT2D eigenvalue weighted by Crippen LogP contribution is 2.37. The second-order valence-electron chi connectivity index (χ2n) is 10.5. The maximum absolute atomic E-state index is 13.2. The summed E-state index contributed by atoms with van der Waals surface area (Å²) in [6.07, 6.45) is 2.08. The van der Waals surface area contributed by atoms with Crippen LogP contribution in [-0.2, 0) is 35.3 Å². The van der Waals surface area contributed by atoms with Crippen molar-refractivity contribution in [2.45, 2.75) is 58.0 Å². The smallest absolute Gasteiger partial charge is 0.323 e. The van der Waals surface area contributed by atoms with Crippen LogP contribution in [0.2, 0.25) is 0 Å². The van der Waals surface area contributed by atoms with E-state index in [1.807, 2.05) is 18.2 Å². The average molecular weight is 504 g/mol. The van der Waals surface area contributed by atoms with Crippen LogP contribution in [0, 0.1) is 5.82 Å². The van der Waals surface area contributed by atoms with E-state index in [-0.39, 0.29) is 36.8 Å². The molecule has 0 unspecified atom stereocenters. The van der Waals surface area contributed by atoms with E-state index in [4.69, 9.17) is 4.74 Å². The zero-order chi connectivity index (χ0) is 26.6. The van der Waals surface area contributed by atoms with Crippen LogP contribution in [0.1, 0.15) is 54.5 Å². The van der Waals surface area contributed by atoms with Crippen LogP contribution in [-0.4, -0.2) is 40.6 Å². The molecule has 6 heteroatoms. The van der Waals surface area contributed by atoms with Crippen molar-refractivity contribution in [3.63, 3.8) is 0 Å². The fraction of sp³-hybridized carbons (Fsp3) is 0.355. The van der Waals surface area contributed by atoms with Crippen LogP contribution in [0.4, 0.5) is 4.39 Å². The van der Waals surface area contributed by atoms with E-state index in [2.05, 4.69) is 45.0 Å². The largest absolute Gasteiger partial charge is 0.487 e. The van der Waals surface area contributed by atoms with Crippen molar-refractivity contribution in [1.82, 2.24) is 4.90 Å². The van der Waals surface area contributed by atoms with Crippen molar-refractivity contribution >= 4 is 11.9 Å². The number of hydrogen-bond acceptors (Lipinski definition) is 3. The molecule has 0 fully saturated rings. The third-order valence-corrected chi connectivity index (χ3v) is 6.89. The molecule has 37 heavy (non-hydrogen) atoms. The molecule has 1 N–H and O–H groups in total. The molecule has 0 saturated heterocycles. The Kier molecular flexibility index (Phi) is 7.96. The van der Waals surface area contributed by atoms with Gasteiger partial charge in [-0.2, -0.15) is 0 Å². The van der Waals surface area contributed by atoms with E-state index < -0.39 is 5.97 Å². The molecule has 1 atom stereocenters. The number of hydrogen-bond donors (Lipinski definition) is 1. The molecule has 1 heterocycles. The Morgan fingerprint density at radius 2 is 1.65 bits per heavy atom. The summed E-state index contributed by atoms with van der Waals surface area (Å²) >= 11 is 0. The lowest BCUT2D eigenvalue weighted by molar-refractivity contribution is -0.144. The second-order valence-corrected chi connectivity index (χ2v) is 10.5. The van der Waals surface area contributed by atoms with Crippen LogP contribution < -0.4 is 4.74 Å². The van der Waals surface area contributed by atoms with Crippen LogP contribution in [0.15, 0.2) is 66.7 Å². The van der Waals surface area contributed by atoms with Gasteiger partial charge in [0.05, 0.1) is 6.42 Å². The summed E-state index contributed by atoms with van der Waals surface area (Å²) in [6, 6.07) is 20.5. The molecule has 1 aliphatic rings. The van der Waals surface area contributed by atoms with Gasteiger partial charge >= 0.3 is 5.97 Å². The molecule has 4 rings (SSSR count). The summed E-state index contributed by atoms with van der Waals surface area (Å²) in [5, 5.41) is 9.32. The highest BCUT2D eigenvalue weighted by Gasteiger charge is 2.35. The number of carboxylic acid groups (broad SMARTS) is 1. The molecule has 3 aromatic carbocycles. The minimum Gasteiger partial charge on any atom is -0.487 e. The molecule has 1 amide bonds. The molecule has 0 saturated carbocycles. The number of ether oxygens (including phenoxy) is 1. The number of halogens is 1. The molecule has 5 nitrogen and oxygen atoms in total. The number of rotatable bonds is 10. The van der Waals surface area contributed by atoms with Gasteiger partial charge in [0, 0.05) is 19.4 Å². The predicted molar refractivity (Wildman–Crippen MR) is 141 cm³/mol. The van der Waals surface area contributed by atoms with E-state index in [1.165, 1.54) is 28.2 Å². The molecule has 194 valence electrons. The first-order chi connectivity index (χ1) is 17.6. The van der Waals surface area contributed by atoms with Gasteiger partial charge in [-0.05, 0) is 65.3 Å². The Morgan fingerprint density at radius 1 is 1.00 bits per heavy atom. The number of nitrogens with zero attached hydrogens (tertiary/aromatic N) is 1. The van der Waals surface area contributed by atoms with Crippen LogP contribution >= 0.6 is 0 Å². The SMILES string of the molecule is CC(C)c1ccc(C[C@@]2(C)Cc3cc(CC(=O)N(CCc4ccc(F)cc4)CC(=O)O)ccc3O2)cc1. The molecular formula is C31H34FNO4. The average Bonchev–Trinajstić information content (AvgIpc) is 3.17. The Bertz CT molecular complexity index is 1250. The number of fused-ring (bicyclic) bond motifs is 1. The third kappa shape index (κ3) is 6.97. The number of amides is 1. The van der Waals surface area contributed by atoms with Crippen molar-refractivity contribution in [3.8, 4) is 5.75 Å². The standard InChI is InChI=1S/C31H34FNO4/c1-21(2)25-9-4-23(5-10-25)18-31(3)19-26-16-24(8-13-28(26)37-31)17-29(34)33(20-30(35)36)15-14-22-6-11-27(32)12-7-22/h4-13,16,21H,14-15,17-20H2,1-3H3,(H,35,36)/t31-/m0/s1. The lowest BCUT2D eigenvalue weighted by Gasteiger charge is -2.24. The maximum atomic E-state index is 13.2. The highest BCUT2D eigenvalue weighted by atomic mass is 19.1. The Morgan fingerprint density at radius 3 is 2.30 bits per heavy atom. The van der Waals surface area contributed by atoms with Crippen molar-refractivity contribution in [3.05, 3.63) is 100 Å². The minimum atomic E-state index is -1.06. The summed E-state index contributed by atoms with van der Waals surface area (Å²) in [6.45, 7) is 6.35. The normalized spacial score (nSPS) is 16.4.